The first-order valence-corrected chi connectivity index (χ1v) is 4.58. The first-order chi connectivity index (χ1) is 6.70. The first-order valence-electron chi connectivity index (χ1n) is 4.58. The number of hydrogen-bond donors (Lipinski definition) is 2. The fourth-order valence-electron chi connectivity index (χ4n) is 0.800. The van der Waals surface area contributed by atoms with Crippen molar-refractivity contribution in [3.8, 4) is 0 Å². The van der Waals surface area contributed by atoms with Gasteiger partial charge >= 0.3 is 5.97 Å². The van der Waals surface area contributed by atoms with Gasteiger partial charge in [-0.05, 0) is 6.42 Å². The quantitative estimate of drug-likeness (QED) is 0.565. The molecule has 0 aliphatic heterocycles. The number of hydrogen-bond acceptors (Lipinski definition) is 1. The van der Waals surface area contributed by atoms with E-state index in [0.29, 0.717) is 0 Å². The summed E-state index contributed by atoms with van der Waals surface area (Å²) >= 11 is 0. The Labute approximate surface area is 83.9 Å². The fraction of sp³-hybridized carbons (Fsp3) is 0.400. The van der Waals surface area contributed by atoms with E-state index < -0.39 is 5.97 Å². The molecule has 0 spiro atoms. The number of H-pyrrole nitrogens is 1. The van der Waals surface area contributed by atoms with Crippen molar-refractivity contribution in [3.05, 3.63) is 31.4 Å². The van der Waals surface area contributed by atoms with Crippen LogP contribution >= 0.6 is 0 Å². The van der Waals surface area contributed by atoms with Crippen molar-refractivity contribution < 1.29 is 14.5 Å². The smallest absolute Gasteiger partial charge is 0.327 e. The first kappa shape index (κ1) is 12.4. The second-order valence-corrected chi connectivity index (χ2v) is 2.75. The van der Waals surface area contributed by atoms with Crippen molar-refractivity contribution in [1.82, 2.24) is 4.98 Å². The lowest BCUT2D eigenvalue weighted by Crippen LogP contribution is -2.29. The van der Waals surface area contributed by atoms with Crippen LogP contribution in [0.15, 0.2) is 31.4 Å². The molecule has 1 aromatic heterocycles. The number of nitrogens with one attached hydrogen (secondary N) is 1. The normalized spacial score (nSPS) is 8.64. The highest BCUT2D eigenvalue weighted by molar-refractivity contribution is 5.78. The summed E-state index contributed by atoms with van der Waals surface area (Å²) in [6.07, 6.45) is 9.33. The molecule has 14 heavy (non-hydrogen) atoms. The molecule has 78 valence electrons. The molecular formula is C10H17N2O2+. The van der Waals surface area contributed by atoms with Crippen molar-refractivity contribution in [2.75, 3.05) is 0 Å². The summed E-state index contributed by atoms with van der Waals surface area (Å²) in [7, 11) is 0. The number of carboxylic acids is 1. The molecule has 0 aromatic carbocycles. The highest BCUT2D eigenvalue weighted by atomic mass is 16.4. The number of aryl methyl sites for hydroxylation is 1. The second-order valence-electron chi connectivity index (χ2n) is 2.75. The topological polar surface area (TPSA) is 57.0 Å². The third-order valence-corrected chi connectivity index (χ3v) is 1.55. The minimum Gasteiger partial charge on any atom is -0.478 e. The van der Waals surface area contributed by atoms with Gasteiger partial charge in [0.25, 0.3) is 0 Å². The Hall–Kier alpha value is -1.58. The van der Waals surface area contributed by atoms with Crippen LogP contribution in [-0.2, 0) is 11.3 Å². The predicted molar refractivity (Wildman–Crippen MR) is 53.7 cm³/mol. The third-order valence-electron chi connectivity index (χ3n) is 1.55. The minimum atomic E-state index is -0.981. The summed E-state index contributed by atoms with van der Waals surface area (Å²) < 4.78 is 2.16. The molecule has 0 saturated heterocycles. The van der Waals surface area contributed by atoms with Gasteiger partial charge in [0.05, 0.1) is 6.54 Å². The molecule has 0 atom stereocenters. The largest absolute Gasteiger partial charge is 0.478 e. The van der Waals surface area contributed by atoms with Crippen LogP contribution in [-0.4, -0.2) is 16.1 Å². The molecule has 0 unspecified atom stereocenters. The summed E-state index contributed by atoms with van der Waals surface area (Å²) in [5.41, 5.74) is 0. The van der Waals surface area contributed by atoms with Gasteiger partial charge in [0.15, 0.2) is 0 Å². The minimum absolute atomic E-state index is 0.833. The van der Waals surface area contributed by atoms with Gasteiger partial charge in [-0.3, -0.25) is 4.98 Å². The van der Waals surface area contributed by atoms with Gasteiger partial charge in [0.2, 0.25) is 6.33 Å². The third kappa shape index (κ3) is 7.09. The zero-order chi connectivity index (χ0) is 10.8. The Morgan fingerprint density at radius 3 is 2.71 bits per heavy atom. The average molecular weight is 197 g/mol. The Morgan fingerprint density at radius 1 is 1.71 bits per heavy atom. The Bertz CT molecular complexity index is 255. The molecule has 4 heteroatoms. The van der Waals surface area contributed by atoms with Crippen LogP contribution in [0.2, 0.25) is 0 Å². The number of carboxylic acid groups (broad SMARTS) is 1. The maximum Gasteiger partial charge on any atom is 0.327 e. The highest BCUT2D eigenvalue weighted by Gasteiger charge is 1.92. The number of carbonyl (C=O) groups is 1. The monoisotopic (exact) mass is 197 g/mol. The van der Waals surface area contributed by atoms with Crippen molar-refractivity contribution in [1.29, 1.82) is 0 Å². The molecule has 1 aromatic rings. The van der Waals surface area contributed by atoms with Gasteiger partial charge < -0.3 is 5.11 Å². The van der Waals surface area contributed by atoms with Crippen molar-refractivity contribution in [3.63, 3.8) is 0 Å². The van der Waals surface area contributed by atoms with Gasteiger partial charge in [-0.25, -0.2) is 9.36 Å². The number of aliphatic carboxylic acids is 1. The van der Waals surface area contributed by atoms with Crippen molar-refractivity contribution in [2.45, 2.75) is 26.3 Å². The van der Waals surface area contributed by atoms with Crippen LogP contribution in [0, 0.1) is 0 Å². The number of aromatic amines is 1. The number of aromatic nitrogens is 2. The van der Waals surface area contributed by atoms with Gasteiger partial charge in [-0.1, -0.05) is 19.9 Å². The summed E-state index contributed by atoms with van der Waals surface area (Å²) in [4.78, 5) is 12.3. The van der Waals surface area contributed by atoms with E-state index in [4.69, 9.17) is 5.11 Å². The molecule has 0 aliphatic carbocycles. The lowest BCUT2D eigenvalue weighted by atomic mass is 10.3. The van der Waals surface area contributed by atoms with Crippen LogP contribution in [0.25, 0.3) is 0 Å². The molecule has 0 radical (unpaired) electrons. The Kier molecular flexibility index (Phi) is 7.13. The van der Waals surface area contributed by atoms with E-state index >= 15 is 0 Å². The number of rotatable bonds is 4. The molecule has 0 amide bonds. The molecular weight excluding hydrogens is 180 g/mol. The van der Waals surface area contributed by atoms with E-state index in [-0.39, 0.29) is 0 Å². The van der Waals surface area contributed by atoms with E-state index in [1.54, 1.807) is 0 Å². The lowest BCUT2D eigenvalue weighted by Gasteiger charge is -1.89. The summed E-state index contributed by atoms with van der Waals surface area (Å²) in [6.45, 7) is 6.30. The summed E-state index contributed by atoms with van der Waals surface area (Å²) in [5.74, 6) is -0.981. The van der Waals surface area contributed by atoms with Crippen molar-refractivity contribution >= 4 is 5.97 Å². The van der Waals surface area contributed by atoms with Gasteiger partial charge in [0, 0.05) is 6.08 Å². The van der Waals surface area contributed by atoms with E-state index in [1.807, 2.05) is 12.5 Å². The fourth-order valence-corrected chi connectivity index (χ4v) is 0.800. The van der Waals surface area contributed by atoms with Gasteiger partial charge in [0.1, 0.15) is 12.4 Å². The molecule has 2 N–H and O–H groups in total. The molecule has 4 nitrogen and oxygen atoms in total. The van der Waals surface area contributed by atoms with Crippen LogP contribution in [0.4, 0.5) is 0 Å². The lowest BCUT2D eigenvalue weighted by molar-refractivity contribution is -0.696. The SMILES string of the molecule is C=CC(=O)O.CCCC[n+]1cc[nH]c1. The molecule has 1 heterocycles. The molecule has 0 bridgehead atoms. The van der Waals surface area contributed by atoms with E-state index in [9.17, 15) is 4.79 Å². The van der Waals surface area contributed by atoms with Gasteiger partial charge in [-0.15, -0.1) is 0 Å². The zero-order valence-electron chi connectivity index (χ0n) is 8.44. The predicted octanol–water partition coefficient (Wildman–Crippen LogP) is 1.36. The molecule has 0 fully saturated rings. The number of nitrogens with zero attached hydrogens (tertiary/aromatic N) is 1. The number of imidazole rings is 1. The van der Waals surface area contributed by atoms with Crippen LogP contribution in [0.3, 0.4) is 0 Å². The highest BCUT2D eigenvalue weighted by Crippen LogP contribution is 1.84. The zero-order valence-corrected chi connectivity index (χ0v) is 8.44. The van der Waals surface area contributed by atoms with Crippen molar-refractivity contribution in [2.24, 2.45) is 0 Å². The average Bonchev–Trinajstić information content (AvgIpc) is 2.68. The Morgan fingerprint density at radius 2 is 2.36 bits per heavy atom. The molecule has 1 rings (SSSR count). The summed E-state index contributed by atoms with van der Waals surface area (Å²) in [5, 5.41) is 7.60. The summed E-state index contributed by atoms with van der Waals surface area (Å²) in [6, 6.07) is 0. The van der Waals surface area contributed by atoms with Gasteiger partial charge in [-0.2, -0.15) is 0 Å². The van der Waals surface area contributed by atoms with Crippen LogP contribution in [0.1, 0.15) is 19.8 Å². The molecule has 0 aliphatic rings. The van der Waals surface area contributed by atoms with E-state index in [1.165, 1.54) is 12.8 Å². The van der Waals surface area contributed by atoms with Crippen LogP contribution in [0.5, 0.6) is 0 Å². The van der Waals surface area contributed by atoms with E-state index in [2.05, 4.69) is 29.3 Å². The Balaban J connectivity index is 0.000000292. The maximum atomic E-state index is 9.25. The number of unbranched alkanes of at least 4 members (excludes halogenated alkanes) is 1. The van der Waals surface area contributed by atoms with E-state index in [0.717, 1.165) is 12.6 Å². The standard InChI is InChI=1S/C7H12N2.C3H4O2/c1-2-3-5-9-6-4-8-7-9;1-2-3(4)5/h4,6-7H,2-3,5H2,1H3;2H,1H2,(H,4,5)/p+1. The van der Waals surface area contributed by atoms with Crippen LogP contribution < -0.4 is 4.57 Å². The molecule has 0 saturated carbocycles. The second kappa shape index (κ2) is 8.04. The maximum absolute atomic E-state index is 9.25.